The third-order valence-corrected chi connectivity index (χ3v) is 3.65. The summed E-state index contributed by atoms with van der Waals surface area (Å²) in [6.45, 7) is 0. The molecule has 2 rings (SSSR count). The molecule has 0 radical (unpaired) electrons. The molecule has 0 saturated heterocycles. The SMILES string of the molecule is O=C(O)c1cccc(Br)c1NC(=O)c1c(F)cccc1Cl. The fraction of sp³-hybridized carbons (Fsp3) is 0. The van der Waals surface area contributed by atoms with Gasteiger partial charge in [0.2, 0.25) is 0 Å². The third kappa shape index (κ3) is 3.22. The van der Waals surface area contributed by atoms with Crippen LogP contribution >= 0.6 is 27.5 Å². The Kier molecular flexibility index (Phi) is 4.59. The van der Waals surface area contributed by atoms with Crippen molar-refractivity contribution in [2.45, 2.75) is 0 Å². The lowest BCUT2D eigenvalue weighted by Crippen LogP contribution is -2.17. The second kappa shape index (κ2) is 6.24. The maximum atomic E-state index is 13.7. The smallest absolute Gasteiger partial charge is 0.337 e. The molecule has 0 spiro atoms. The number of carbonyl (C=O) groups is 2. The van der Waals surface area contributed by atoms with Crippen molar-refractivity contribution in [1.29, 1.82) is 0 Å². The number of para-hydroxylation sites is 1. The fourth-order valence-electron chi connectivity index (χ4n) is 1.72. The van der Waals surface area contributed by atoms with E-state index in [1.54, 1.807) is 6.07 Å². The van der Waals surface area contributed by atoms with Gasteiger partial charge < -0.3 is 10.4 Å². The number of hydrogen-bond donors (Lipinski definition) is 2. The van der Waals surface area contributed by atoms with E-state index in [-0.39, 0.29) is 21.8 Å². The quantitative estimate of drug-likeness (QED) is 0.849. The van der Waals surface area contributed by atoms with E-state index in [9.17, 15) is 14.0 Å². The van der Waals surface area contributed by atoms with Crippen LogP contribution in [0.5, 0.6) is 0 Å². The van der Waals surface area contributed by atoms with Crippen LogP contribution in [0.2, 0.25) is 5.02 Å². The van der Waals surface area contributed by atoms with E-state index in [0.717, 1.165) is 6.07 Å². The number of carbonyl (C=O) groups excluding carboxylic acids is 1. The molecule has 21 heavy (non-hydrogen) atoms. The molecular formula is C14H8BrClFNO3. The van der Waals surface area contributed by atoms with Crippen molar-refractivity contribution in [3.63, 3.8) is 0 Å². The molecular weight excluding hydrogens is 365 g/mol. The molecule has 4 nitrogen and oxygen atoms in total. The van der Waals surface area contributed by atoms with Crippen LogP contribution in [0.15, 0.2) is 40.9 Å². The summed E-state index contributed by atoms with van der Waals surface area (Å²) in [7, 11) is 0. The highest BCUT2D eigenvalue weighted by atomic mass is 79.9. The Hall–Kier alpha value is -1.92. The van der Waals surface area contributed by atoms with Crippen LogP contribution in [0.3, 0.4) is 0 Å². The van der Waals surface area contributed by atoms with E-state index in [1.807, 2.05) is 0 Å². The summed E-state index contributed by atoms with van der Waals surface area (Å²) in [4.78, 5) is 23.3. The standard InChI is InChI=1S/C14H8BrClFNO3/c15-8-4-1-3-7(14(20)21)12(8)18-13(19)11-9(16)5-2-6-10(11)17/h1-6H,(H,18,19)(H,20,21). The van der Waals surface area contributed by atoms with Crippen LogP contribution in [0, 0.1) is 5.82 Å². The number of halogens is 3. The van der Waals surface area contributed by atoms with Crippen LogP contribution in [0.25, 0.3) is 0 Å². The number of benzene rings is 2. The molecule has 0 atom stereocenters. The van der Waals surface area contributed by atoms with Crippen LogP contribution in [0.1, 0.15) is 20.7 Å². The van der Waals surface area contributed by atoms with Crippen molar-refractivity contribution in [3.8, 4) is 0 Å². The van der Waals surface area contributed by atoms with Crippen molar-refractivity contribution < 1.29 is 19.1 Å². The maximum absolute atomic E-state index is 13.7. The largest absolute Gasteiger partial charge is 0.478 e. The lowest BCUT2D eigenvalue weighted by Gasteiger charge is -2.11. The highest BCUT2D eigenvalue weighted by Gasteiger charge is 2.20. The van der Waals surface area contributed by atoms with Crippen molar-refractivity contribution in [1.82, 2.24) is 0 Å². The van der Waals surface area contributed by atoms with Crippen LogP contribution in [-0.2, 0) is 0 Å². The first-order valence-corrected chi connectivity index (χ1v) is 6.86. The van der Waals surface area contributed by atoms with Gasteiger partial charge in [-0.05, 0) is 40.2 Å². The molecule has 0 unspecified atom stereocenters. The average Bonchev–Trinajstić information content (AvgIpc) is 2.40. The van der Waals surface area contributed by atoms with Crippen LogP contribution in [-0.4, -0.2) is 17.0 Å². The Morgan fingerprint density at radius 1 is 1.19 bits per heavy atom. The van der Waals surface area contributed by atoms with Gasteiger partial charge in [0, 0.05) is 4.47 Å². The summed E-state index contributed by atoms with van der Waals surface area (Å²) >= 11 is 8.95. The zero-order chi connectivity index (χ0) is 15.6. The minimum atomic E-state index is -1.22. The van der Waals surface area contributed by atoms with Crippen LogP contribution in [0.4, 0.5) is 10.1 Å². The maximum Gasteiger partial charge on any atom is 0.337 e. The summed E-state index contributed by atoms with van der Waals surface area (Å²) in [6.07, 6.45) is 0. The lowest BCUT2D eigenvalue weighted by molar-refractivity contribution is 0.0698. The number of hydrogen-bond acceptors (Lipinski definition) is 2. The van der Waals surface area contributed by atoms with Gasteiger partial charge in [-0.15, -0.1) is 0 Å². The van der Waals surface area contributed by atoms with E-state index in [4.69, 9.17) is 16.7 Å². The first-order chi connectivity index (χ1) is 9.91. The predicted molar refractivity (Wildman–Crippen MR) is 80.5 cm³/mol. The zero-order valence-electron chi connectivity index (χ0n) is 10.4. The number of anilines is 1. The second-order valence-electron chi connectivity index (χ2n) is 4.02. The van der Waals surface area contributed by atoms with Gasteiger partial charge in [-0.1, -0.05) is 23.7 Å². The van der Waals surface area contributed by atoms with Crippen molar-refractivity contribution >= 4 is 45.1 Å². The predicted octanol–water partition coefficient (Wildman–Crippen LogP) is 4.19. The van der Waals surface area contributed by atoms with Gasteiger partial charge in [0.25, 0.3) is 5.91 Å². The average molecular weight is 373 g/mol. The molecule has 0 aromatic heterocycles. The van der Waals surface area contributed by atoms with Crippen molar-refractivity contribution in [2.24, 2.45) is 0 Å². The molecule has 1 amide bonds. The summed E-state index contributed by atoms with van der Waals surface area (Å²) in [5.74, 6) is -2.83. The molecule has 0 aliphatic rings. The third-order valence-electron chi connectivity index (χ3n) is 2.67. The van der Waals surface area contributed by atoms with Gasteiger partial charge in [0.15, 0.2) is 0 Å². The molecule has 2 aromatic carbocycles. The fourth-order valence-corrected chi connectivity index (χ4v) is 2.43. The minimum Gasteiger partial charge on any atom is -0.478 e. The molecule has 0 heterocycles. The highest BCUT2D eigenvalue weighted by Crippen LogP contribution is 2.28. The van der Waals surface area contributed by atoms with E-state index < -0.39 is 17.7 Å². The molecule has 0 bridgehead atoms. The molecule has 2 N–H and O–H groups in total. The van der Waals surface area contributed by atoms with Gasteiger partial charge in [-0.25, -0.2) is 9.18 Å². The van der Waals surface area contributed by atoms with Gasteiger partial charge in [-0.3, -0.25) is 4.79 Å². The normalized spacial score (nSPS) is 10.2. The van der Waals surface area contributed by atoms with Crippen molar-refractivity contribution in [2.75, 3.05) is 5.32 Å². The number of amides is 1. The van der Waals surface area contributed by atoms with Gasteiger partial charge in [-0.2, -0.15) is 0 Å². The molecule has 0 aliphatic heterocycles. The van der Waals surface area contributed by atoms with Crippen molar-refractivity contribution in [3.05, 3.63) is 62.8 Å². The molecule has 0 fully saturated rings. The summed E-state index contributed by atoms with van der Waals surface area (Å²) in [5.41, 5.74) is -0.425. The number of nitrogens with one attached hydrogen (secondary N) is 1. The number of carboxylic acids is 1. The lowest BCUT2D eigenvalue weighted by atomic mass is 10.1. The Morgan fingerprint density at radius 2 is 1.86 bits per heavy atom. The molecule has 108 valence electrons. The Bertz CT molecular complexity index is 716. The topological polar surface area (TPSA) is 66.4 Å². The zero-order valence-corrected chi connectivity index (χ0v) is 12.7. The number of carboxylic acid groups (broad SMARTS) is 1. The van der Waals surface area contributed by atoms with Gasteiger partial charge in [0.1, 0.15) is 5.82 Å². The van der Waals surface area contributed by atoms with Gasteiger partial charge in [0.05, 0.1) is 21.8 Å². The van der Waals surface area contributed by atoms with E-state index in [0.29, 0.717) is 4.47 Å². The first kappa shape index (κ1) is 15.5. The monoisotopic (exact) mass is 371 g/mol. The molecule has 7 heteroatoms. The Balaban J connectivity index is 2.44. The molecule has 2 aromatic rings. The van der Waals surface area contributed by atoms with Gasteiger partial charge >= 0.3 is 5.97 Å². The molecule has 0 aliphatic carbocycles. The minimum absolute atomic E-state index is 0.0364. The number of rotatable bonds is 3. The summed E-state index contributed by atoms with van der Waals surface area (Å²) < 4.78 is 14.1. The number of aromatic carboxylic acids is 1. The Morgan fingerprint density at radius 3 is 2.48 bits per heavy atom. The summed E-state index contributed by atoms with van der Waals surface area (Å²) in [5, 5.41) is 11.4. The van der Waals surface area contributed by atoms with E-state index in [1.165, 1.54) is 24.3 Å². The molecule has 0 saturated carbocycles. The van der Waals surface area contributed by atoms with Crippen LogP contribution < -0.4 is 5.32 Å². The van der Waals surface area contributed by atoms with E-state index in [2.05, 4.69) is 21.2 Å². The first-order valence-electron chi connectivity index (χ1n) is 5.69. The second-order valence-corrected chi connectivity index (χ2v) is 5.28. The van der Waals surface area contributed by atoms with E-state index >= 15 is 0 Å². The highest BCUT2D eigenvalue weighted by molar-refractivity contribution is 9.10. The summed E-state index contributed by atoms with van der Waals surface area (Å²) in [6, 6.07) is 8.24. The Labute approximate surface area is 132 Å².